The van der Waals surface area contributed by atoms with E-state index in [1.165, 1.54) is 7.11 Å². The zero-order valence-corrected chi connectivity index (χ0v) is 17.2. The first-order chi connectivity index (χ1) is 15.4. The number of amides is 1. The van der Waals surface area contributed by atoms with Gasteiger partial charge in [0.05, 0.1) is 24.8 Å². The maximum atomic E-state index is 12.4. The number of carboxylic acid groups (broad SMARTS) is 1. The Bertz CT molecular complexity index is 1090. The van der Waals surface area contributed by atoms with Crippen LogP contribution in [0.5, 0.6) is 17.2 Å². The van der Waals surface area contributed by atoms with Crippen molar-refractivity contribution in [2.45, 2.75) is 6.42 Å². The highest BCUT2D eigenvalue weighted by Crippen LogP contribution is 2.24. The molecule has 0 aromatic heterocycles. The zero-order valence-electron chi connectivity index (χ0n) is 17.2. The number of nitrogens with one attached hydrogen (secondary N) is 1. The molecule has 0 atom stereocenters. The maximum Gasteiger partial charge on any atom is 0.341 e. The third-order valence-corrected chi connectivity index (χ3v) is 4.32. The summed E-state index contributed by atoms with van der Waals surface area (Å²) in [5.41, 5.74) is 1.44. The van der Waals surface area contributed by atoms with Crippen molar-refractivity contribution in [3.05, 3.63) is 83.9 Å². The van der Waals surface area contributed by atoms with Gasteiger partial charge in [0.1, 0.15) is 17.2 Å². The number of ether oxygens (including phenoxy) is 3. The van der Waals surface area contributed by atoms with Crippen LogP contribution in [0.1, 0.15) is 15.9 Å². The second kappa shape index (κ2) is 10.6. The molecule has 32 heavy (non-hydrogen) atoms. The molecule has 0 heterocycles. The Kier molecular flexibility index (Phi) is 7.42. The van der Waals surface area contributed by atoms with Gasteiger partial charge < -0.3 is 24.6 Å². The fourth-order valence-corrected chi connectivity index (χ4v) is 2.82. The van der Waals surface area contributed by atoms with Gasteiger partial charge in [0.2, 0.25) is 5.91 Å². The summed E-state index contributed by atoms with van der Waals surface area (Å²) >= 11 is 0. The van der Waals surface area contributed by atoms with Gasteiger partial charge in [0, 0.05) is 0 Å². The molecule has 0 spiro atoms. The third kappa shape index (κ3) is 6.33. The Morgan fingerprint density at radius 3 is 2.06 bits per heavy atom. The number of esters is 1. The lowest BCUT2D eigenvalue weighted by atomic mass is 10.1. The lowest BCUT2D eigenvalue weighted by molar-refractivity contribution is -0.139. The highest BCUT2D eigenvalue weighted by atomic mass is 16.5. The van der Waals surface area contributed by atoms with Crippen LogP contribution in [0.25, 0.3) is 0 Å². The summed E-state index contributed by atoms with van der Waals surface area (Å²) in [4.78, 5) is 34.8. The summed E-state index contributed by atoms with van der Waals surface area (Å²) in [6, 6.07) is 20.2. The van der Waals surface area contributed by atoms with Gasteiger partial charge in [-0.25, -0.2) is 9.59 Å². The number of carbonyl (C=O) groups excluding carboxylic acids is 2. The van der Waals surface area contributed by atoms with Crippen molar-refractivity contribution >= 4 is 23.5 Å². The molecule has 0 aliphatic heterocycles. The minimum absolute atomic E-state index is 0.116. The quantitative estimate of drug-likeness (QED) is 0.490. The molecule has 2 N–H and O–H groups in total. The molecule has 0 fully saturated rings. The van der Waals surface area contributed by atoms with Crippen LogP contribution in [0.3, 0.4) is 0 Å². The van der Waals surface area contributed by atoms with Crippen LogP contribution < -0.4 is 14.8 Å². The molecule has 3 rings (SSSR count). The number of hydrogen-bond donors (Lipinski definition) is 2. The van der Waals surface area contributed by atoms with Gasteiger partial charge in [0.15, 0.2) is 6.61 Å². The minimum atomic E-state index is -1.05. The SMILES string of the molecule is COC(=O)c1ccccc1NC(=O)Cc1ccc(Oc2ccc(OCC(=O)O)cc2)cc1. The molecule has 0 saturated carbocycles. The van der Waals surface area contributed by atoms with Gasteiger partial charge in [-0.15, -0.1) is 0 Å². The van der Waals surface area contributed by atoms with Crippen LogP contribution in [0.4, 0.5) is 5.69 Å². The van der Waals surface area contributed by atoms with Crippen molar-refractivity contribution < 1.29 is 33.7 Å². The molecule has 0 unspecified atom stereocenters. The van der Waals surface area contributed by atoms with E-state index < -0.39 is 18.5 Å². The molecule has 0 radical (unpaired) electrons. The highest BCUT2D eigenvalue weighted by Gasteiger charge is 2.13. The standard InChI is InChI=1S/C24H21NO7/c1-30-24(29)20-4-2-3-5-21(20)25-22(26)14-16-6-8-18(9-7-16)32-19-12-10-17(11-13-19)31-15-23(27)28/h2-13H,14-15H2,1H3,(H,25,26)(H,27,28). The predicted octanol–water partition coefficient (Wildman–Crippen LogP) is 3.91. The van der Waals surface area contributed by atoms with Crippen LogP contribution in [-0.2, 0) is 20.7 Å². The number of benzene rings is 3. The lowest BCUT2D eigenvalue weighted by Crippen LogP contribution is -2.17. The summed E-state index contributed by atoms with van der Waals surface area (Å²) in [6.07, 6.45) is 0.116. The van der Waals surface area contributed by atoms with Gasteiger partial charge in [-0.2, -0.15) is 0 Å². The summed E-state index contributed by atoms with van der Waals surface area (Å²) in [6.45, 7) is -0.413. The number of anilines is 1. The number of methoxy groups -OCH3 is 1. The van der Waals surface area contributed by atoms with Crippen LogP contribution in [0.2, 0.25) is 0 Å². The molecule has 0 bridgehead atoms. The first kappa shape index (κ1) is 22.4. The van der Waals surface area contributed by atoms with E-state index >= 15 is 0 Å². The van der Waals surface area contributed by atoms with Gasteiger partial charge >= 0.3 is 11.9 Å². The van der Waals surface area contributed by atoms with Gasteiger partial charge in [-0.1, -0.05) is 24.3 Å². The molecule has 1 amide bonds. The first-order valence-corrected chi connectivity index (χ1v) is 9.63. The van der Waals surface area contributed by atoms with Crippen LogP contribution in [-0.4, -0.2) is 36.7 Å². The number of carboxylic acids is 1. The van der Waals surface area contributed by atoms with E-state index in [2.05, 4.69) is 5.32 Å². The molecular weight excluding hydrogens is 414 g/mol. The summed E-state index contributed by atoms with van der Waals surface area (Å²) in [7, 11) is 1.28. The van der Waals surface area contributed by atoms with Crippen LogP contribution in [0.15, 0.2) is 72.8 Å². The summed E-state index contributed by atoms with van der Waals surface area (Å²) < 4.78 is 15.6. The summed E-state index contributed by atoms with van der Waals surface area (Å²) in [5.74, 6) is -0.292. The average molecular weight is 435 g/mol. The molecule has 3 aromatic carbocycles. The van der Waals surface area contributed by atoms with E-state index in [0.29, 0.717) is 22.9 Å². The number of aliphatic carboxylic acids is 1. The normalized spacial score (nSPS) is 10.2. The molecule has 3 aromatic rings. The molecule has 0 aliphatic carbocycles. The Labute approximate surface area is 184 Å². The van der Waals surface area contributed by atoms with E-state index in [1.807, 2.05) is 0 Å². The fraction of sp³-hybridized carbons (Fsp3) is 0.125. The van der Waals surface area contributed by atoms with E-state index in [4.69, 9.17) is 19.3 Å². The number of rotatable bonds is 9. The molecule has 8 nitrogen and oxygen atoms in total. The summed E-state index contributed by atoms with van der Waals surface area (Å²) in [5, 5.41) is 11.4. The van der Waals surface area contributed by atoms with Crippen molar-refractivity contribution in [3.63, 3.8) is 0 Å². The topological polar surface area (TPSA) is 111 Å². The lowest BCUT2D eigenvalue weighted by Gasteiger charge is -2.10. The van der Waals surface area contributed by atoms with E-state index in [0.717, 1.165) is 5.56 Å². The Hall–Kier alpha value is -4.33. The first-order valence-electron chi connectivity index (χ1n) is 9.63. The van der Waals surface area contributed by atoms with Crippen molar-refractivity contribution in [1.29, 1.82) is 0 Å². The zero-order chi connectivity index (χ0) is 22.9. The van der Waals surface area contributed by atoms with E-state index in [-0.39, 0.29) is 17.9 Å². The molecule has 164 valence electrons. The second-order valence-corrected chi connectivity index (χ2v) is 6.66. The third-order valence-electron chi connectivity index (χ3n) is 4.32. The van der Waals surface area contributed by atoms with Crippen molar-refractivity contribution in [3.8, 4) is 17.2 Å². The number of carbonyl (C=O) groups is 3. The van der Waals surface area contributed by atoms with Crippen molar-refractivity contribution in [2.24, 2.45) is 0 Å². The maximum absolute atomic E-state index is 12.4. The van der Waals surface area contributed by atoms with Crippen LogP contribution in [0, 0.1) is 0 Å². The van der Waals surface area contributed by atoms with Gasteiger partial charge in [0.25, 0.3) is 0 Å². The Morgan fingerprint density at radius 1 is 0.844 bits per heavy atom. The molecule has 0 aliphatic rings. The van der Waals surface area contributed by atoms with Crippen LogP contribution >= 0.6 is 0 Å². The van der Waals surface area contributed by atoms with E-state index in [1.54, 1.807) is 72.8 Å². The smallest absolute Gasteiger partial charge is 0.341 e. The monoisotopic (exact) mass is 435 g/mol. The fourth-order valence-electron chi connectivity index (χ4n) is 2.82. The average Bonchev–Trinajstić information content (AvgIpc) is 2.79. The number of para-hydroxylation sites is 1. The second-order valence-electron chi connectivity index (χ2n) is 6.66. The van der Waals surface area contributed by atoms with Crippen molar-refractivity contribution in [2.75, 3.05) is 19.0 Å². The van der Waals surface area contributed by atoms with Crippen molar-refractivity contribution in [1.82, 2.24) is 0 Å². The Balaban J connectivity index is 1.56. The molecular formula is C24H21NO7. The largest absolute Gasteiger partial charge is 0.482 e. The minimum Gasteiger partial charge on any atom is -0.482 e. The van der Waals surface area contributed by atoms with Gasteiger partial charge in [-0.3, -0.25) is 4.79 Å². The van der Waals surface area contributed by atoms with Gasteiger partial charge in [-0.05, 0) is 54.1 Å². The number of hydrogen-bond acceptors (Lipinski definition) is 6. The van der Waals surface area contributed by atoms with E-state index in [9.17, 15) is 14.4 Å². The Morgan fingerprint density at radius 2 is 1.44 bits per heavy atom. The highest BCUT2D eigenvalue weighted by molar-refractivity contribution is 6.01. The molecule has 8 heteroatoms. The predicted molar refractivity (Wildman–Crippen MR) is 116 cm³/mol. The molecule has 0 saturated heterocycles.